The van der Waals surface area contributed by atoms with Crippen LogP contribution in [0.15, 0.2) is 35.4 Å². The van der Waals surface area contributed by atoms with E-state index in [9.17, 15) is 9.59 Å². The molecule has 0 saturated heterocycles. The highest BCUT2D eigenvalue weighted by Crippen LogP contribution is 2.14. The first-order chi connectivity index (χ1) is 10.6. The van der Waals surface area contributed by atoms with Crippen LogP contribution in [0.1, 0.15) is 45.1 Å². The molecule has 5 nitrogen and oxygen atoms in total. The molecule has 1 N–H and O–H groups in total. The Hall–Kier alpha value is -2.17. The molecule has 1 heterocycles. The number of hydrogen-bond acceptors (Lipinski definition) is 3. The maximum atomic E-state index is 12.1. The first-order valence-corrected chi connectivity index (χ1v) is 7.82. The lowest BCUT2D eigenvalue weighted by Gasteiger charge is -2.13. The summed E-state index contributed by atoms with van der Waals surface area (Å²) in [5.41, 5.74) is 1.98. The van der Waals surface area contributed by atoms with E-state index in [1.54, 1.807) is 0 Å². The number of nitrogens with one attached hydrogen (secondary N) is 1. The molecule has 0 saturated carbocycles. The van der Waals surface area contributed by atoms with E-state index in [0.29, 0.717) is 6.54 Å². The second-order valence-corrected chi connectivity index (χ2v) is 5.56. The van der Waals surface area contributed by atoms with Crippen LogP contribution in [0, 0.1) is 0 Å². The van der Waals surface area contributed by atoms with Gasteiger partial charge in [-0.1, -0.05) is 37.3 Å². The van der Waals surface area contributed by atoms with Crippen molar-refractivity contribution in [2.24, 2.45) is 5.10 Å². The molecule has 2 amide bonds. The number of carbonyl (C=O) groups excluding carboxylic acids is 2. The number of carbonyl (C=O) groups is 2. The van der Waals surface area contributed by atoms with Gasteiger partial charge in [-0.3, -0.25) is 9.59 Å². The molecule has 1 aliphatic rings. The monoisotopic (exact) mass is 301 g/mol. The van der Waals surface area contributed by atoms with Crippen molar-refractivity contribution < 1.29 is 9.59 Å². The summed E-state index contributed by atoms with van der Waals surface area (Å²) in [6.45, 7) is 4.56. The fourth-order valence-corrected chi connectivity index (χ4v) is 2.27. The normalized spacial score (nSPS) is 15.4. The minimum absolute atomic E-state index is 0.0749. The van der Waals surface area contributed by atoms with Crippen molar-refractivity contribution in [1.82, 2.24) is 10.3 Å². The van der Waals surface area contributed by atoms with Crippen molar-refractivity contribution in [1.29, 1.82) is 0 Å². The highest BCUT2D eigenvalue weighted by molar-refractivity contribution is 6.02. The minimum atomic E-state index is -0.0924. The summed E-state index contributed by atoms with van der Waals surface area (Å²) in [6, 6.07) is 10.0. The van der Waals surface area contributed by atoms with E-state index in [1.165, 1.54) is 5.01 Å². The quantitative estimate of drug-likeness (QED) is 0.876. The molecule has 22 heavy (non-hydrogen) atoms. The fourth-order valence-electron chi connectivity index (χ4n) is 2.27. The Kier molecular flexibility index (Phi) is 5.69. The van der Waals surface area contributed by atoms with Gasteiger partial charge in [-0.05, 0) is 18.9 Å². The van der Waals surface area contributed by atoms with Crippen molar-refractivity contribution in [3.8, 4) is 0 Å². The van der Waals surface area contributed by atoms with Gasteiger partial charge in [0.25, 0.3) is 0 Å². The zero-order valence-corrected chi connectivity index (χ0v) is 13.2. The maximum absolute atomic E-state index is 12.1. The number of nitrogens with zero attached hydrogens (tertiary/aromatic N) is 2. The maximum Gasteiger partial charge on any atom is 0.243 e. The van der Waals surface area contributed by atoms with Gasteiger partial charge in [-0.15, -0.1) is 0 Å². The zero-order valence-electron chi connectivity index (χ0n) is 13.2. The van der Waals surface area contributed by atoms with Gasteiger partial charge in [0.1, 0.15) is 0 Å². The average molecular weight is 301 g/mol. The topological polar surface area (TPSA) is 61.8 Å². The van der Waals surface area contributed by atoms with Crippen LogP contribution in [0.2, 0.25) is 0 Å². The molecule has 5 heteroatoms. The number of amides is 2. The van der Waals surface area contributed by atoms with Crippen molar-refractivity contribution >= 4 is 17.5 Å². The van der Waals surface area contributed by atoms with Gasteiger partial charge in [0.2, 0.25) is 11.8 Å². The van der Waals surface area contributed by atoms with Crippen LogP contribution in [0.4, 0.5) is 0 Å². The van der Waals surface area contributed by atoms with Crippen LogP contribution in [-0.4, -0.2) is 35.1 Å². The average Bonchev–Trinajstić information content (AvgIpc) is 3.03. The van der Waals surface area contributed by atoms with E-state index < -0.39 is 0 Å². The van der Waals surface area contributed by atoms with Crippen LogP contribution in [0.5, 0.6) is 0 Å². The predicted molar refractivity (Wildman–Crippen MR) is 86.4 cm³/mol. The Bertz CT molecular complexity index is 554. The molecule has 0 aromatic heterocycles. The van der Waals surface area contributed by atoms with Gasteiger partial charge in [0, 0.05) is 25.3 Å². The smallest absolute Gasteiger partial charge is 0.243 e. The summed E-state index contributed by atoms with van der Waals surface area (Å²) in [7, 11) is 0. The molecule has 0 radical (unpaired) electrons. The second kappa shape index (κ2) is 7.73. The summed E-state index contributed by atoms with van der Waals surface area (Å²) < 4.78 is 0. The van der Waals surface area contributed by atoms with Gasteiger partial charge in [0.15, 0.2) is 0 Å². The number of benzene rings is 1. The van der Waals surface area contributed by atoms with Crippen LogP contribution in [0.3, 0.4) is 0 Å². The highest BCUT2D eigenvalue weighted by atomic mass is 16.2. The third kappa shape index (κ3) is 4.41. The SMILES string of the molecule is CCC(C)NC(=O)CCC(=O)N1CCC(c2ccccc2)=N1. The van der Waals surface area contributed by atoms with E-state index in [0.717, 1.165) is 24.1 Å². The molecule has 0 bridgehead atoms. The van der Waals surface area contributed by atoms with Crippen molar-refractivity contribution in [2.75, 3.05) is 6.54 Å². The number of hydrogen-bond donors (Lipinski definition) is 1. The molecule has 1 aliphatic heterocycles. The van der Waals surface area contributed by atoms with Crippen LogP contribution in [0.25, 0.3) is 0 Å². The molecule has 2 rings (SSSR count). The highest BCUT2D eigenvalue weighted by Gasteiger charge is 2.21. The third-order valence-electron chi connectivity index (χ3n) is 3.78. The number of hydrazone groups is 1. The molecular weight excluding hydrogens is 278 g/mol. The Morgan fingerprint density at radius 1 is 1.27 bits per heavy atom. The van der Waals surface area contributed by atoms with Gasteiger partial charge in [-0.25, -0.2) is 5.01 Å². The van der Waals surface area contributed by atoms with Crippen molar-refractivity contribution in [3.05, 3.63) is 35.9 Å². The molecule has 0 spiro atoms. The molecule has 118 valence electrons. The lowest BCUT2D eigenvalue weighted by molar-refractivity contribution is -0.133. The van der Waals surface area contributed by atoms with Gasteiger partial charge >= 0.3 is 0 Å². The molecule has 1 aromatic carbocycles. The molecule has 1 unspecified atom stereocenters. The summed E-state index contributed by atoms with van der Waals surface area (Å²) >= 11 is 0. The van der Waals surface area contributed by atoms with E-state index in [2.05, 4.69) is 10.4 Å². The zero-order chi connectivity index (χ0) is 15.9. The first kappa shape index (κ1) is 16.2. The minimum Gasteiger partial charge on any atom is -0.354 e. The molecule has 1 atom stereocenters. The van der Waals surface area contributed by atoms with Gasteiger partial charge in [-0.2, -0.15) is 5.10 Å². The summed E-state index contributed by atoms with van der Waals surface area (Å²) in [5, 5.41) is 8.73. The van der Waals surface area contributed by atoms with Crippen LogP contribution < -0.4 is 5.32 Å². The van der Waals surface area contributed by atoms with E-state index in [1.807, 2.05) is 44.2 Å². The Labute approximate surface area is 131 Å². The largest absolute Gasteiger partial charge is 0.354 e. The van der Waals surface area contributed by atoms with Gasteiger partial charge in [0.05, 0.1) is 12.3 Å². The van der Waals surface area contributed by atoms with Gasteiger partial charge < -0.3 is 5.32 Å². The van der Waals surface area contributed by atoms with E-state index >= 15 is 0 Å². The second-order valence-electron chi connectivity index (χ2n) is 5.56. The number of rotatable bonds is 6. The Morgan fingerprint density at radius 3 is 2.68 bits per heavy atom. The van der Waals surface area contributed by atoms with Crippen molar-refractivity contribution in [2.45, 2.75) is 45.6 Å². The molecular formula is C17H23N3O2. The summed E-state index contributed by atoms with van der Waals surface area (Å²) in [6.07, 6.45) is 2.06. The van der Waals surface area contributed by atoms with Crippen LogP contribution in [-0.2, 0) is 9.59 Å². The van der Waals surface area contributed by atoms with E-state index in [4.69, 9.17) is 0 Å². The molecule has 1 aromatic rings. The Balaban J connectivity index is 1.84. The first-order valence-electron chi connectivity index (χ1n) is 7.82. The fraction of sp³-hybridized carbons (Fsp3) is 0.471. The van der Waals surface area contributed by atoms with Crippen LogP contribution >= 0.6 is 0 Å². The predicted octanol–water partition coefficient (Wildman–Crippen LogP) is 2.32. The molecule has 0 aliphatic carbocycles. The summed E-state index contributed by atoms with van der Waals surface area (Å²) in [5.74, 6) is -0.167. The van der Waals surface area contributed by atoms with E-state index in [-0.39, 0.29) is 30.7 Å². The third-order valence-corrected chi connectivity index (χ3v) is 3.78. The lowest BCUT2D eigenvalue weighted by Crippen LogP contribution is -2.33. The Morgan fingerprint density at radius 2 is 2.00 bits per heavy atom. The molecule has 0 fully saturated rings. The lowest BCUT2D eigenvalue weighted by atomic mass is 10.1. The standard InChI is InChI=1S/C17H23N3O2/c1-3-13(2)18-16(21)9-10-17(22)20-12-11-15(19-20)14-7-5-4-6-8-14/h4-8,13H,3,9-12H2,1-2H3,(H,18,21). The van der Waals surface area contributed by atoms with Crippen molar-refractivity contribution in [3.63, 3.8) is 0 Å². The summed E-state index contributed by atoms with van der Waals surface area (Å²) in [4.78, 5) is 23.8.